The first-order valence-electron chi connectivity index (χ1n) is 7.70. The molecule has 1 fully saturated rings. The van der Waals surface area contributed by atoms with E-state index >= 15 is 0 Å². The monoisotopic (exact) mass is 335 g/mol. The molecule has 24 heavy (non-hydrogen) atoms. The molecule has 0 radical (unpaired) electrons. The molecule has 1 aliphatic rings. The highest BCUT2D eigenvalue weighted by Crippen LogP contribution is 2.52. The van der Waals surface area contributed by atoms with Crippen molar-refractivity contribution < 1.29 is 13.6 Å². The lowest BCUT2D eigenvalue weighted by Crippen LogP contribution is -2.32. The van der Waals surface area contributed by atoms with Crippen molar-refractivity contribution >= 4 is 5.91 Å². The Bertz CT molecular complexity index is 751. The van der Waals surface area contributed by atoms with Crippen molar-refractivity contribution in [3.05, 3.63) is 48.6 Å². The highest BCUT2D eigenvalue weighted by atomic mass is 19.3. The normalized spacial score (nSPS) is 18.4. The number of alkyl halides is 2. The molecule has 6 nitrogen and oxygen atoms in total. The number of carbonyl (C=O) groups excluding carboxylic acids is 1. The molecule has 0 N–H and O–H groups in total. The van der Waals surface area contributed by atoms with Crippen molar-refractivity contribution in [1.29, 1.82) is 0 Å². The van der Waals surface area contributed by atoms with Crippen LogP contribution in [-0.4, -0.2) is 42.8 Å². The number of rotatable bonds is 7. The quantitative estimate of drug-likeness (QED) is 0.729. The second-order valence-corrected chi connectivity index (χ2v) is 6.05. The molecule has 1 unspecified atom stereocenters. The first-order chi connectivity index (χ1) is 11.4. The van der Waals surface area contributed by atoms with Crippen molar-refractivity contribution in [3.8, 4) is 0 Å². The number of aromatic nitrogens is 4. The van der Waals surface area contributed by atoms with E-state index in [-0.39, 0.29) is 12.3 Å². The molecule has 0 aromatic carbocycles. The predicted molar refractivity (Wildman–Crippen MR) is 83.4 cm³/mol. The molecule has 0 spiro atoms. The summed E-state index contributed by atoms with van der Waals surface area (Å²) in [4.78, 5) is 13.6. The lowest BCUT2D eigenvalue weighted by molar-refractivity contribution is -0.126. The van der Waals surface area contributed by atoms with Crippen LogP contribution in [0.15, 0.2) is 37.4 Å². The minimum atomic E-state index is -2.67. The van der Waals surface area contributed by atoms with Crippen LogP contribution >= 0.6 is 0 Å². The number of amides is 1. The highest BCUT2D eigenvalue weighted by Gasteiger charge is 2.59. The number of halogens is 2. The maximum Gasteiger partial charge on any atom is 0.272 e. The molecule has 2 aromatic rings. The average Bonchev–Trinajstić information content (AvgIpc) is 2.92. The van der Waals surface area contributed by atoms with Gasteiger partial charge in [-0.3, -0.25) is 14.2 Å². The van der Waals surface area contributed by atoms with Gasteiger partial charge in [-0.25, -0.2) is 8.78 Å². The third-order valence-electron chi connectivity index (χ3n) is 3.99. The average molecular weight is 335 g/mol. The summed E-state index contributed by atoms with van der Waals surface area (Å²) in [5.74, 6) is -2.89. The Morgan fingerprint density at radius 3 is 2.79 bits per heavy atom. The van der Waals surface area contributed by atoms with Gasteiger partial charge < -0.3 is 4.90 Å². The van der Waals surface area contributed by atoms with Crippen LogP contribution in [0.4, 0.5) is 8.78 Å². The van der Waals surface area contributed by atoms with Gasteiger partial charge in [0.25, 0.3) is 5.92 Å². The molecule has 0 saturated heterocycles. The Labute approximate surface area is 138 Å². The zero-order chi connectivity index (χ0) is 17.3. The molecule has 1 atom stereocenters. The fourth-order valence-electron chi connectivity index (χ4n) is 2.54. The molecular formula is C16H19F2N5O. The van der Waals surface area contributed by atoms with E-state index in [1.54, 1.807) is 22.0 Å². The van der Waals surface area contributed by atoms with Gasteiger partial charge in [-0.15, -0.1) is 0 Å². The highest BCUT2D eigenvalue weighted by molar-refractivity contribution is 5.86. The van der Waals surface area contributed by atoms with E-state index in [2.05, 4.69) is 16.8 Å². The maximum atomic E-state index is 13.1. The molecule has 2 heterocycles. The lowest BCUT2D eigenvalue weighted by atomic mass is 10.3. The molecule has 0 bridgehead atoms. The van der Waals surface area contributed by atoms with Gasteiger partial charge in [0.1, 0.15) is 6.04 Å². The van der Waals surface area contributed by atoms with Crippen molar-refractivity contribution in [3.63, 3.8) is 0 Å². The molecule has 1 saturated carbocycles. The summed E-state index contributed by atoms with van der Waals surface area (Å²) in [7, 11) is 0. The number of nitrogens with zero attached hydrogens (tertiary/aromatic N) is 5. The van der Waals surface area contributed by atoms with Gasteiger partial charge in [0, 0.05) is 37.5 Å². The van der Waals surface area contributed by atoms with Gasteiger partial charge in [0.05, 0.1) is 18.9 Å². The Kier molecular flexibility index (Phi) is 4.21. The number of hydrogen-bond acceptors (Lipinski definition) is 3. The molecule has 0 aliphatic heterocycles. The molecule has 3 rings (SSSR count). The van der Waals surface area contributed by atoms with E-state index in [0.29, 0.717) is 25.2 Å². The van der Waals surface area contributed by atoms with E-state index in [1.807, 2.05) is 13.1 Å². The Balaban J connectivity index is 1.64. The van der Waals surface area contributed by atoms with Gasteiger partial charge in [-0.2, -0.15) is 10.2 Å². The Hall–Kier alpha value is -2.51. The fourth-order valence-corrected chi connectivity index (χ4v) is 2.54. The number of hydrogen-bond donors (Lipinski definition) is 0. The van der Waals surface area contributed by atoms with Crippen LogP contribution in [0.1, 0.15) is 23.6 Å². The standard InChI is InChI=1S/C16H19F2N5O/c1-3-15(24)21(4-5-22-9-12(2)7-19-22)10-13-8-20-23(11-13)14-6-16(14,17)18/h3,7-9,11,14H,1,4-6,10H2,2H3. The second kappa shape index (κ2) is 6.18. The van der Waals surface area contributed by atoms with Gasteiger partial charge in [0.15, 0.2) is 0 Å². The van der Waals surface area contributed by atoms with E-state index < -0.39 is 12.0 Å². The van der Waals surface area contributed by atoms with Crippen molar-refractivity contribution in [1.82, 2.24) is 24.5 Å². The van der Waals surface area contributed by atoms with Crippen LogP contribution in [-0.2, 0) is 17.9 Å². The van der Waals surface area contributed by atoms with Crippen LogP contribution in [0.3, 0.4) is 0 Å². The molecule has 128 valence electrons. The van der Waals surface area contributed by atoms with Crippen LogP contribution in [0.25, 0.3) is 0 Å². The molecule has 2 aromatic heterocycles. The second-order valence-electron chi connectivity index (χ2n) is 6.05. The third kappa shape index (κ3) is 3.52. The molecular weight excluding hydrogens is 316 g/mol. The van der Waals surface area contributed by atoms with E-state index in [4.69, 9.17) is 0 Å². The van der Waals surface area contributed by atoms with E-state index in [0.717, 1.165) is 5.56 Å². The summed E-state index contributed by atoms with van der Waals surface area (Å²) in [6, 6.07) is -0.859. The SMILES string of the molecule is C=CC(=O)N(CCn1cc(C)cn1)Cc1cnn(C2CC2(F)F)c1. The largest absolute Gasteiger partial charge is 0.333 e. The third-order valence-corrected chi connectivity index (χ3v) is 3.99. The van der Waals surface area contributed by atoms with Crippen LogP contribution < -0.4 is 0 Å². The predicted octanol–water partition coefficient (Wildman–Crippen LogP) is 2.18. The van der Waals surface area contributed by atoms with Crippen molar-refractivity contribution in [2.24, 2.45) is 0 Å². The minimum Gasteiger partial charge on any atom is -0.333 e. The lowest BCUT2D eigenvalue weighted by Gasteiger charge is -2.20. The summed E-state index contributed by atoms with van der Waals surface area (Å²) >= 11 is 0. The minimum absolute atomic E-state index is 0.178. The fraction of sp³-hybridized carbons (Fsp3) is 0.438. The molecule has 8 heteroatoms. The number of carbonyl (C=O) groups is 1. The first-order valence-corrected chi connectivity index (χ1v) is 7.70. The maximum absolute atomic E-state index is 13.1. The van der Waals surface area contributed by atoms with Crippen LogP contribution in [0, 0.1) is 6.92 Å². The number of aryl methyl sites for hydroxylation is 1. The van der Waals surface area contributed by atoms with Crippen LogP contribution in [0.5, 0.6) is 0 Å². The van der Waals surface area contributed by atoms with Gasteiger partial charge in [-0.1, -0.05) is 6.58 Å². The smallest absolute Gasteiger partial charge is 0.272 e. The summed E-state index contributed by atoms with van der Waals surface area (Å²) in [5.41, 5.74) is 1.76. The molecule has 1 amide bonds. The van der Waals surface area contributed by atoms with Crippen molar-refractivity contribution in [2.75, 3.05) is 6.54 Å². The first kappa shape index (κ1) is 16.4. The van der Waals surface area contributed by atoms with Gasteiger partial charge in [-0.05, 0) is 18.6 Å². The molecule has 1 aliphatic carbocycles. The van der Waals surface area contributed by atoms with E-state index in [9.17, 15) is 13.6 Å². The zero-order valence-corrected chi connectivity index (χ0v) is 13.4. The summed E-state index contributed by atoms with van der Waals surface area (Å²) in [5, 5.41) is 8.17. The van der Waals surface area contributed by atoms with E-state index in [1.165, 1.54) is 17.0 Å². The topological polar surface area (TPSA) is 56.0 Å². The Morgan fingerprint density at radius 1 is 1.46 bits per heavy atom. The van der Waals surface area contributed by atoms with Gasteiger partial charge >= 0.3 is 0 Å². The zero-order valence-electron chi connectivity index (χ0n) is 13.4. The van der Waals surface area contributed by atoms with Gasteiger partial charge in [0.2, 0.25) is 5.91 Å². The Morgan fingerprint density at radius 2 is 2.21 bits per heavy atom. The van der Waals surface area contributed by atoms with Crippen LogP contribution in [0.2, 0.25) is 0 Å². The summed E-state index contributed by atoms with van der Waals surface area (Å²) in [6.07, 6.45) is 7.81. The van der Waals surface area contributed by atoms with Crippen molar-refractivity contribution in [2.45, 2.75) is 38.4 Å². The summed E-state index contributed by atoms with van der Waals surface area (Å²) < 4.78 is 29.2. The summed E-state index contributed by atoms with van der Waals surface area (Å²) in [6.45, 7) is 6.73.